The first-order valence-corrected chi connectivity index (χ1v) is 5.48. The smallest absolute Gasteiger partial charge is 0.225 e. The van der Waals surface area contributed by atoms with Gasteiger partial charge in [-0.1, -0.05) is 0 Å². The molecule has 76 valence electrons. The number of halogens is 1. The number of aromatic nitrogens is 2. The maximum Gasteiger partial charge on any atom is 0.225 e. The highest BCUT2D eigenvalue weighted by Crippen LogP contribution is 2.14. The Balaban J connectivity index is 2.09. The fourth-order valence-corrected chi connectivity index (χ4v) is 1.83. The van der Waals surface area contributed by atoms with E-state index in [0.717, 1.165) is 29.9 Å². The molecule has 0 bridgehead atoms. The van der Waals surface area contributed by atoms with Crippen LogP contribution in [-0.2, 0) is 0 Å². The fourth-order valence-electron chi connectivity index (χ4n) is 1.62. The van der Waals surface area contributed by atoms with Crippen LogP contribution in [-0.4, -0.2) is 36.1 Å². The van der Waals surface area contributed by atoms with E-state index < -0.39 is 0 Å². The Hall–Kier alpha value is -0.680. The average molecular weight is 257 g/mol. The zero-order valence-corrected chi connectivity index (χ0v) is 9.66. The van der Waals surface area contributed by atoms with Gasteiger partial charge in [0, 0.05) is 32.0 Å². The van der Waals surface area contributed by atoms with Crippen LogP contribution >= 0.6 is 15.9 Å². The molecule has 2 rings (SSSR count). The summed E-state index contributed by atoms with van der Waals surface area (Å²) in [6.07, 6.45) is 4.72. The third-order valence-electron chi connectivity index (χ3n) is 2.50. The van der Waals surface area contributed by atoms with Crippen molar-refractivity contribution in [3.63, 3.8) is 0 Å². The predicted molar refractivity (Wildman–Crippen MR) is 59.4 cm³/mol. The molecule has 5 heteroatoms. The van der Waals surface area contributed by atoms with Crippen molar-refractivity contribution in [3.8, 4) is 0 Å². The fraction of sp³-hybridized carbons (Fsp3) is 0.556. The van der Waals surface area contributed by atoms with Gasteiger partial charge < -0.3 is 10.2 Å². The summed E-state index contributed by atoms with van der Waals surface area (Å²) in [5.74, 6) is 0.793. The number of hydrogen-bond acceptors (Lipinski definition) is 4. The van der Waals surface area contributed by atoms with Crippen LogP contribution in [0.4, 0.5) is 5.95 Å². The number of hydrogen-bond donors (Lipinski definition) is 1. The van der Waals surface area contributed by atoms with E-state index in [9.17, 15) is 0 Å². The topological polar surface area (TPSA) is 41.1 Å². The number of rotatable bonds is 2. The van der Waals surface area contributed by atoms with E-state index in [4.69, 9.17) is 0 Å². The van der Waals surface area contributed by atoms with Crippen LogP contribution in [0.5, 0.6) is 0 Å². The highest BCUT2D eigenvalue weighted by Gasteiger charge is 2.20. The van der Waals surface area contributed by atoms with E-state index in [-0.39, 0.29) is 0 Å². The molecule has 0 amide bonds. The minimum Gasteiger partial charge on any atom is -0.340 e. The van der Waals surface area contributed by atoms with Gasteiger partial charge in [0.1, 0.15) is 0 Å². The first kappa shape index (κ1) is 9.86. The zero-order chi connectivity index (χ0) is 9.97. The molecule has 4 nitrogen and oxygen atoms in total. The molecule has 1 saturated heterocycles. The van der Waals surface area contributed by atoms with Crippen molar-refractivity contribution in [1.82, 2.24) is 15.3 Å². The number of likely N-dealkylation sites (N-methyl/N-ethyl adjacent to an activating group) is 1. The molecule has 1 fully saturated rings. The van der Waals surface area contributed by atoms with Crippen LogP contribution in [0.3, 0.4) is 0 Å². The van der Waals surface area contributed by atoms with Crippen LogP contribution in [0, 0.1) is 0 Å². The van der Waals surface area contributed by atoms with Gasteiger partial charge in [0.2, 0.25) is 5.95 Å². The minimum absolute atomic E-state index is 0.524. The Bertz CT molecular complexity index is 294. The van der Waals surface area contributed by atoms with Gasteiger partial charge in [-0.05, 0) is 28.9 Å². The molecular weight excluding hydrogens is 244 g/mol. The second-order valence-corrected chi connectivity index (χ2v) is 4.37. The van der Waals surface area contributed by atoms with Crippen molar-refractivity contribution < 1.29 is 0 Å². The first-order chi connectivity index (χ1) is 6.77. The van der Waals surface area contributed by atoms with Crippen LogP contribution in [0.25, 0.3) is 0 Å². The van der Waals surface area contributed by atoms with Crippen LogP contribution in [0.15, 0.2) is 16.9 Å². The Kier molecular flexibility index (Phi) is 2.98. The summed E-state index contributed by atoms with van der Waals surface area (Å²) in [6, 6.07) is 0.524. The van der Waals surface area contributed by atoms with E-state index in [2.05, 4.69) is 36.1 Å². The third kappa shape index (κ3) is 2.04. The molecule has 0 saturated carbocycles. The lowest BCUT2D eigenvalue weighted by Crippen LogP contribution is -2.34. The van der Waals surface area contributed by atoms with Crippen molar-refractivity contribution in [2.45, 2.75) is 12.5 Å². The van der Waals surface area contributed by atoms with Gasteiger partial charge >= 0.3 is 0 Å². The molecule has 14 heavy (non-hydrogen) atoms. The molecule has 1 aliphatic heterocycles. The highest BCUT2D eigenvalue weighted by atomic mass is 79.9. The lowest BCUT2D eigenvalue weighted by atomic mass is 10.2. The zero-order valence-electron chi connectivity index (χ0n) is 8.07. The van der Waals surface area contributed by atoms with E-state index in [0.29, 0.717) is 6.04 Å². The molecule has 0 aromatic carbocycles. The minimum atomic E-state index is 0.524. The van der Waals surface area contributed by atoms with Crippen molar-refractivity contribution >= 4 is 21.9 Å². The molecule has 0 spiro atoms. The molecule has 1 aromatic heterocycles. The molecule has 2 heterocycles. The molecule has 1 N–H and O–H groups in total. The van der Waals surface area contributed by atoms with Crippen LogP contribution in [0.2, 0.25) is 0 Å². The molecule has 0 aliphatic carbocycles. The number of nitrogens with zero attached hydrogens (tertiary/aromatic N) is 3. The SMILES string of the molecule is CN(c1ncc(Br)cn1)C1CCNC1. The lowest BCUT2D eigenvalue weighted by Gasteiger charge is -2.23. The molecule has 1 atom stereocenters. The molecule has 1 aliphatic rings. The van der Waals surface area contributed by atoms with Gasteiger partial charge in [-0.25, -0.2) is 9.97 Å². The molecule has 0 radical (unpaired) electrons. The van der Waals surface area contributed by atoms with Crippen LogP contribution in [0.1, 0.15) is 6.42 Å². The molecule has 1 aromatic rings. The van der Waals surface area contributed by atoms with Gasteiger partial charge in [0.15, 0.2) is 0 Å². The van der Waals surface area contributed by atoms with Crippen LogP contribution < -0.4 is 10.2 Å². The maximum absolute atomic E-state index is 4.26. The maximum atomic E-state index is 4.26. The quantitative estimate of drug-likeness (QED) is 0.859. The van der Waals surface area contributed by atoms with E-state index in [1.54, 1.807) is 12.4 Å². The van der Waals surface area contributed by atoms with Gasteiger partial charge in [0.25, 0.3) is 0 Å². The number of nitrogens with one attached hydrogen (secondary N) is 1. The average Bonchev–Trinajstić information content (AvgIpc) is 2.71. The first-order valence-electron chi connectivity index (χ1n) is 4.68. The normalized spacial score (nSPS) is 21.1. The standard InChI is InChI=1S/C9H13BrN4/c1-14(8-2-3-11-6-8)9-12-4-7(10)5-13-9/h4-5,8,11H,2-3,6H2,1H3. The van der Waals surface area contributed by atoms with Gasteiger partial charge in [0.05, 0.1) is 4.47 Å². The Morgan fingerprint density at radius 1 is 1.50 bits per heavy atom. The predicted octanol–water partition coefficient (Wildman–Crippen LogP) is 1.04. The monoisotopic (exact) mass is 256 g/mol. The van der Waals surface area contributed by atoms with Crippen molar-refractivity contribution in [2.24, 2.45) is 0 Å². The van der Waals surface area contributed by atoms with Gasteiger partial charge in [-0.2, -0.15) is 0 Å². The molecular formula is C9H13BrN4. The van der Waals surface area contributed by atoms with Gasteiger partial charge in [-0.3, -0.25) is 0 Å². The van der Waals surface area contributed by atoms with Crippen molar-refractivity contribution in [3.05, 3.63) is 16.9 Å². The summed E-state index contributed by atoms with van der Waals surface area (Å²) in [5.41, 5.74) is 0. The highest BCUT2D eigenvalue weighted by molar-refractivity contribution is 9.10. The lowest BCUT2D eigenvalue weighted by molar-refractivity contribution is 0.668. The third-order valence-corrected chi connectivity index (χ3v) is 2.91. The summed E-state index contributed by atoms with van der Waals surface area (Å²) < 4.78 is 0.916. The summed E-state index contributed by atoms with van der Waals surface area (Å²) in [5, 5.41) is 3.33. The number of anilines is 1. The van der Waals surface area contributed by atoms with Crippen molar-refractivity contribution in [1.29, 1.82) is 0 Å². The summed E-state index contributed by atoms with van der Waals surface area (Å²) in [4.78, 5) is 10.7. The summed E-state index contributed by atoms with van der Waals surface area (Å²) in [6.45, 7) is 2.11. The Morgan fingerprint density at radius 2 is 2.21 bits per heavy atom. The Labute approximate surface area is 91.9 Å². The summed E-state index contributed by atoms with van der Waals surface area (Å²) >= 11 is 3.32. The Morgan fingerprint density at radius 3 is 2.79 bits per heavy atom. The largest absolute Gasteiger partial charge is 0.340 e. The van der Waals surface area contributed by atoms with Crippen molar-refractivity contribution in [2.75, 3.05) is 25.0 Å². The van der Waals surface area contributed by atoms with E-state index in [1.165, 1.54) is 0 Å². The second kappa shape index (κ2) is 4.23. The van der Waals surface area contributed by atoms with E-state index in [1.807, 2.05) is 7.05 Å². The van der Waals surface area contributed by atoms with Gasteiger partial charge in [-0.15, -0.1) is 0 Å². The summed E-state index contributed by atoms with van der Waals surface area (Å²) in [7, 11) is 2.04. The second-order valence-electron chi connectivity index (χ2n) is 3.46. The van der Waals surface area contributed by atoms with E-state index >= 15 is 0 Å². The molecule has 1 unspecified atom stereocenters.